The number of carboxylic acid groups (broad SMARTS) is 1. The van der Waals surface area contributed by atoms with Crippen LogP contribution in [0.2, 0.25) is 0 Å². The summed E-state index contributed by atoms with van der Waals surface area (Å²) >= 11 is 0. The minimum atomic E-state index is -1.67. The number of aliphatic carboxylic acids is 1. The molecule has 1 amide bonds. The van der Waals surface area contributed by atoms with Gasteiger partial charge in [-0.05, 0) is 6.42 Å². The standard InChI is InChI=1S/C7H11NO6/c9-3-1-2-5(11)14-6(7(12)13)8-4-10/h4,6,9H,1-3H2,(H,8,10)(H,12,13). The van der Waals surface area contributed by atoms with Crippen LogP contribution in [0.15, 0.2) is 0 Å². The summed E-state index contributed by atoms with van der Waals surface area (Å²) in [5.74, 6) is -2.25. The van der Waals surface area contributed by atoms with E-state index in [0.717, 1.165) is 0 Å². The molecule has 0 aliphatic carbocycles. The Labute approximate surface area is 79.7 Å². The number of esters is 1. The zero-order chi connectivity index (χ0) is 11.0. The minimum Gasteiger partial charge on any atom is -0.477 e. The van der Waals surface area contributed by atoms with E-state index in [1.54, 1.807) is 5.32 Å². The maximum atomic E-state index is 10.8. The van der Waals surface area contributed by atoms with Crippen molar-refractivity contribution in [2.75, 3.05) is 6.61 Å². The van der Waals surface area contributed by atoms with E-state index in [-0.39, 0.29) is 25.9 Å². The highest BCUT2D eigenvalue weighted by Gasteiger charge is 2.20. The van der Waals surface area contributed by atoms with Crippen LogP contribution in [0.5, 0.6) is 0 Å². The number of hydrogen-bond donors (Lipinski definition) is 3. The molecular weight excluding hydrogens is 194 g/mol. The van der Waals surface area contributed by atoms with Crippen molar-refractivity contribution in [3.05, 3.63) is 0 Å². The van der Waals surface area contributed by atoms with Gasteiger partial charge in [0.2, 0.25) is 6.41 Å². The summed E-state index contributed by atoms with van der Waals surface area (Å²) < 4.78 is 4.36. The Morgan fingerprint density at radius 2 is 2.14 bits per heavy atom. The molecule has 0 aromatic carbocycles. The molecule has 0 aromatic rings. The van der Waals surface area contributed by atoms with Crippen LogP contribution in [0.1, 0.15) is 12.8 Å². The molecular formula is C7H11NO6. The van der Waals surface area contributed by atoms with E-state index in [9.17, 15) is 14.4 Å². The number of amides is 1. The quantitative estimate of drug-likeness (QED) is 0.264. The zero-order valence-electron chi connectivity index (χ0n) is 7.30. The van der Waals surface area contributed by atoms with Gasteiger partial charge in [-0.15, -0.1) is 0 Å². The van der Waals surface area contributed by atoms with Crippen molar-refractivity contribution in [1.82, 2.24) is 5.32 Å². The van der Waals surface area contributed by atoms with Gasteiger partial charge in [0.15, 0.2) is 0 Å². The van der Waals surface area contributed by atoms with Crippen LogP contribution in [-0.4, -0.2) is 41.4 Å². The smallest absolute Gasteiger partial charge is 0.366 e. The third-order valence-electron chi connectivity index (χ3n) is 1.23. The van der Waals surface area contributed by atoms with E-state index in [1.807, 2.05) is 0 Å². The fraction of sp³-hybridized carbons (Fsp3) is 0.571. The highest BCUT2D eigenvalue weighted by atomic mass is 16.6. The van der Waals surface area contributed by atoms with Crippen molar-refractivity contribution >= 4 is 18.3 Å². The first-order chi connectivity index (χ1) is 6.61. The van der Waals surface area contributed by atoms with Crippen LogP contribution >= 0.6 is 0 Å². The summed E-state index contributed by atoms with van der Waals surface area (Å²) in [5, 5.41) is 18.6. The Hall–Kier alpha value is -1.63. The van der Waals surface area contributed by atoms with Crippen molar-refractivity contribution in [3.63, 3.8) is 0 Å². The van der Waals surface area contributed by atoms with Gasteiger partial charge in [0.1, 0.15) is 0 Å². The Morgan fingerprint density at radius 1 is 1.50 bits per heavy atom. The summed E-state index contributed by atoms with van der Waals surface area (Å²) in [6, 6.07) is 0. The topological polar surface area (TPSA) is 113 Å². The van der Waals surface area contributed by atoms with Crippen molar-refractivity contribution < 1.29 is 29.3 Å². The lowest BCUT2D eigenvalue weighted by molar-refractivity contribution is -0.166. The normalized spacial score (nSPS) is 11.5. The number of carbonyl (C=O) groups excluding carboxylic acids is 2. The SMILES string of the molecule is O=CNC(OC(=O)CCCO)C(=O)O. The van der Waals surface area contributed by atoms with Crippen LogP contribution < -0.4 is 5.32 Å². The minimum absolute atomic E-state index is 0.0964. The maximum absolute atomic E-state index is 10.8. The molecule has 1 unspecified atom stereocenters. The third-order valence-corrected chi connectivity index (χ3v) is 1.23. The molecule has 14 heavy (non-hydrogen) atoms. The van der Waals surface area contributed by atoms with E-state index in [4.69, 9.17) is 10.2 Å². The molecule has 0 bridgehead atoms. The average molecular weight is 205 g/mol. The summed E-state index contributed by atoms with van der Waals surface area (Å²) in [7, 11) is 0. The summed E-state index contributed by atoms with van der Waals surface area (Å²) in [6.45, 7) is -0.187. The van der Waals surface area contributed by atoms with E-state index >= 15 is 0 Å². The molecule has 0 aliphatic heterocycles. The summed E-state index contributed by atoms with van der Waals surface area (Å²) in [4.78, 5) is 31.1. The van der Waals surface area contributed by atoms with Crippen LogP contribution in [0.4, 0.5) is 0 Å². The molecule has 80 valence electrons. The molecule has 0 rings (SSSR count). The first-order valence-corrected chi connectivity index (χ1v) is 3.84. The molecule has 1 atom stereocenters. The molecule has 0 spiro atoms. The van der Waals surface area contributed by atoms with Crippen LogP contribution in [0.3, 0.4) is 0 Å². The fourth-order valence-electron chi connectivity index (χ4n) is 0.631. The van der Waals surface area contributed by atoms with E-state index < -0.39 is 18.2 Å². The molecule has 7 heteroatoms. The van der Waals surface area contributed by atoms with Gasteiger partial charge in [-0.25, -0.2) is 4.79 Å². The lowest BCUT2D eigenvalue weighted by Crippen LogP contribution is -2.39. The summed E-state index contributed by atoms with van der Waals surface area (Å²) in [5.41, 5.74) is 0. The van der Waals surface area contributed by atoms with Gasteiger partial charge in [-0.3, -0.25) is 9.59 Å². The van der Waals surface area contributed by atoms with Crippen molar-refractivity contribution in [2.45, 2.75) is 19.1 Å². The number of ether oxygens (including phenoxy) is 1. The molecule has 0 saturated heterocycles. The second-order valence-electron chi connectivity index (χ2n) is 2.32. The van der Waals surface area contributed by atoms with E-state index in [0.29, 0.717) is 0 Å². The van der Waals surface area contributed by atoms with Gasteiger partial charge in [-0.1, -0.05) is 0 Å². The monoisotopic (exact) mass is 205 g/mol. The highest BCUT2D eigenvalue weighted by molar-refractivity contribution is 5.79. The molecule has 3 N–H and O–H groups in total. The number of aliphatic hydroxyl groups is 1. The second-order valence-corrected chi connectivity index (χ2v) is 2.32. The molecule has 0 saturated carbocycles. The third kappa shape index (κ3) is 5.09. The van der Waals surface area contributed by atoms with Crippen molar-refractivity contribution in [1.29, 1.82) is 0 Å². The maximum Gasteiger partial charge on any atom is 0.366 e. The molecule has 0 radical (unpaired) electrons. The van der Waals surface area contributed by atoms with Gasteiger partial charge < -0.3 is 20.3 Å². The van der Waals surface area contributed by atoms with Gasteiger partial charge in [-0.2, -0.15) is 0 Å². The number of nitrogens with one attached hydrogen (secondary N) is 1. The first kappa shape index (κ1) is 12.4. The van der Waals surface area contributed by atoms with Crippen LogP contribution in [0, 0.1) is 0 Å². The van der Waals surface area contributed by atoms with Crippen LogP contribution in [-0.2, 0) is 19.1 Å². The first-order valence-electron chi connectivity index (χ1n) is 3.84. The predicted molar refractivity (Wildman–Crippen MR) is 43.0 cm³/mol. The number of aliphatic hydroxyl groups excluding tert-OH is 1. The second kappa shape index (κ2) is 6.84. The van der Waals surface area contributed by atoms with Crippen molar-refractivity contribution in [3.8, 4) is 0 Å². The van der Waals surface area contributed by atoms with Gasteiger partial charge in [0, 0.05) is 13.0 Å². The number of hydrogen-bond acceptors (Lipinski definition) is 5. The number of carboxylic acids is 1. The lowest BCUT2D eigenvalue weighted by atomic mass is 10.3. The average Bonchev–Trinajstić information content (AvgIpc) is 2.14. The molecule has 0 fully saturated rings. The molecule has 0 aliphatic rings. The lowest BCUT2D eigenvalue weighted by Gasteiger charge is -2.11. The predicted octanol–water partition coefficient (Wildman–Crippen LogP) is -1.54. The molecule has 7 nitrogen and oxygen atoms in total. The Kier molecular flexibility index (Phi) is 6.04. The molecule has 0 aromatic heterocycles. The van der Waals surface area contributed by atoms with E-state index in [1.165, 1.54) is 0 Å². The van der Waals surface area contributed by atoms with Crippen molar-refractivity contribution in [2.24, 2.45) is 0 Å². The highest BCUT2D eigenvalue weighted by Crippen LogP contribution is 1.95. The largest absolute Gasteiger partial charge is 0.477 e. The zero-order valence-corrected chi connectivity index (χ0v) is 7.30. The molecule has 0 heterocycles. The Bertz CT molecular complexity index is 216. The fourth-order valence-corrected chi connectivity index (χ4v) is 0.631. The van der Waals surface area contributed by atoms with Crippen LogP contribution in [0.25, 0.3) is 0 Å². The number of rotatable bonds is 7. The van der Waals surface area contributed by atoms with Gasteiger partial charge in [0.25, 0.3) is 6.23 Å². The number of carbonyl (C=O) groups is 3. The van der Waals surface area contributed by atoms with Gasteiger partial charge in [0.05, 0.1) is 0 Å². The van der Waals surface area contributed by atoms with Gasteiger partial charge >= 0.3 is 11.9 Å². The Morgan fingerprint density at radius 3 is 2.57 bits per heavy atom. The Balaban J connectivity index is 3.95. The van der Waals surface area contributed by atoms with E-state index in [2.05, 4.69) is 4.74 Å². The summed E-state index contributed by atoms with van der Waals surface area (Å²) in [6.07, 6.45) is -1.45.